The van der Waals surface area contributed by atoms with Crippen LogP contribution in [0.1, 0.15) is 54.1 Å². The van der Waals surface area contributed by atoms with Gasteiger partial charge < -0.3 is 20.9 Å². The van der Waals surface area contributed by atoms with Crippen LogP contribution < -0.4 is 16.0 Å². The number of carbonyl (C=O) groups is 1. The summed E-state index contributed by atoms with van der Waals surface area (Å²) in [6.45, 7) is 11.4. The van der Waals surface area contributed by atoms with Gasteiger partial charge in [0, 0.05) is 51.9 Å². The molecule has 0 aromatic carbocycles. The summed E-state index contributed by atoms with van der Waals surface area (Å²) in [4.78, 5) is 30.5. The van der Waals surface area contributed by atoms with Crippen LogP contribution in [0.5, 0.6) is 0 Å². The zero-order valence-electron chi connectivity index (χ0n) is 19.7. The monoisotopic (exact) mass is 451 g/mol. The van der Waals surface area contributed by atoms with Gasteiger partial charge in [-0.25, -0.2) is 19.5 Å². The molecule has 33 heavy (non-hydrogen) atoms. The van der Waals surface area contributed by atoms with E-state index in [0.29, 0.717) is 25.2 Å². The van der Waals surface area contributed by atoms with Gasteiger partial charge in [0.2, 0.25) is 5.82 Å². The minimum absolute atomic E-state index is 0.101. The summed E-state index contributed by atoms with van der Waals surface area (Å²) in [6, 6.07) is 2.16. The van der Waals surface area contributed by atoms with Crippen LogP contribution in [0, 0.1) is 6.92 Å². The number of aromatic nitrogens is 5. The minimum Gasteiger partial charge on any atom is -0.380 e. The lowest BCUT2D eigenvalue weighted by Gasteiger charge is -2.29. The molecule has 4 heterocycles. The van der Waals surface area contributed by atoms with Crippen molar-refractivity contribution in [2.24, 2.45) is 0 Å². The Morgan fingerprint density at radius 2 is 1.88 bits per heavy atom. The highest BCUT2D eigenvalue weighted by atomic mass is 16.2. The second kappa shape index (κ2) is 10.1. The summed E-state index contributed by atoms with van der Waals surface area (Å²) >= 11 is 0. The van der Waals surface area contributed by atoms with Crippen LogP contribution in [-0.2, 0) is 6.42 Å². The predicted molar refractivity (Wildman–Crippen MR) is 129 cm³/mol. The van der Waals surface area contributed by atoms with E-state index in [0.717, 1.165) is 61.7 Å². The van der Waals surface area contributed by atoms with Crippen molar-refractivity contribution in [1.82, 2.24) is 34.8 Å². The van der Waals surface area contributed by atoms with Crippen molar-refractivity contribution < 1.29 is 4.79 Å². The molecule has 3 aromatic heterocycles. The summed E-state index contributed by atoms with van der Waals surface area (Å²) in [5.41, 5.74) is 9.64. The molecule has 3 N–H and O–H groups in total. The van der Waals surface area contributed by atoms with E-state index < -0.39 is 0 Å². The molecule has 4 rings (SSSR count). The number of carbonyl (C=O) groups excluding carboxylic acids is 1. The van der Waals surface area contributed by atoms with Gasteiger partial charge in [0.25, 0.3) is 5.91 Å². The zero-order chi connectivity index (χ0) is 23.4. The Kier molecular flexibility index (Phi) is 7.02. The fourth-order valence-electron chi connectivity index (χ4n) is 4.30. The number of nitrogens with zero attached hydrogens (tertiary/aromatic N) is 7. The van der Waals surface area contributed by atoms with Crippen LogP contribution in [0.25, 0.3) is 5.65 Å². The number of pyridine rings is 1. The summed E-state index contributed by atoms with van der Waals surface area (Å²) in [7, 11) is 0. The van der Waals surface area contributed by atoms with E-state index in [-0.39, 0.29) is 17.5 Å². The zero-order valence-corrected chi connectivity index (χ0v) is 19.7. The van der Waals surface area contributed by atoms with Crippen LogP contribution in [0.4, 0.5) is 11.6 Å². The van der Waals surface area contributed by atoms with E-state index in [4.69, 9.17) is 10.7 Å². The molecule has 0 atom stereocenters. The number of amides is 1. The molecule has 10 heteroatoms. The molecule has 0 unspecified atom stereocenters. The van der Waals surface area contributed by atoms with E-state index in [9.17, 15) is 4.79 Å². The summed E-state index contributed by atoms with van der Waals surface area (Å²) < 4.78 is 1.64. The van der Waals surface area contributed by atoms with Gasteiger partial charge in [0.1, 0.15) is 5.82 Å². The number of nitrogens with two attached hydrogens (primary N) is 1. The van der Waals surface area contributed by atoms with Gasteiger partial charge in [-0.15, -0.1) is 5.10 Å². The van der Waals surface area contributed by atoms with Crippen molar-refractivity contribution in [2.75, 3.05) is 49.9 Å². The molecule has 0 bridgehead atoms. The SMILES string of the molecule is CCCN(CCC)C(=O)c1nc(N)c2ncc(Cc3cnc(N4CCNCC4)c(C)c3)n2n1. The maximum absolute atomic E-state index is 13.0. The van der Waals surface area contributed by atoms with Crippen molar-refractivity contribution in [3.8, 4) is 0 Å². The standard InChI is InChI=1S/C23H33N9O/c1-4-8-31(9-5-2)23(33)20-28-19(24)22-27-15-18(32(22)29-20)13-17-12-16(3)21(26-14-17)30-10-6-25-7-11-30/h12,14-15,25H,4-11,13H2,1-3H3,(H2,24,28,29). The Balaban J connectivity index is 1.61. The molecular formula is C23H33N9O. The Bertz CT molecular complexity index is 1110. The molecule has 3 aromatic rings. The van der Waals surface area contributed by atoms with Gasteiger partial charge in [-0.05, 0) is 30.9 Å². The van der Waals surface area contributed by atoms with Gasteiger partial charge >= 0.3 is 0 Å². The van der Waals surface area contributed by atoms with Crippen molar-refractivity contribution >= 4 is 23.2 Å². The fourth-order valence-corrected chi connectivity index (χ4v) is 4.30. The van der Waals surface area contributed by atoms with E-state index >= 15 is 0 Å². The Hall–Kier alpha value is -3.27. The predicted octanol–water partition coefficient (Wildman–Crippen LogP) is 1.67. The second-order valence-electron chi connectivity index (χ2n) is 8.50. The first-order valence-electron chi connectivity index (χ1n) is 11.7. The van der Waals surface area contributed by atoms with Gasteiger partial charge in [-0.2, -0.15) is 0 Å². The average Bonchev–Trinajstić information content (AvgIpc) is 3.22. The maximum Gasteiger partial charge on any atom is 0.293 e. The third-order valence-electron chi connectivity index (χ3n) is 5.83. The van der Waals surface area contributed by atoms with Crippen LogP contribution >= 0.6 is 0 Å². The molecular weight excluding hydrogens is 418 g/mol. The van der Waals surface area contributed by atoms with Crippen LogP contribution in [0.3, 0.4) is 0 Å². The van der Waals surface area contributed by atoms with Crippen LogP contribution in [-0.4, -0.2) is 74.6 Å². The fraction of sp³-hybridized carbons (Fsp3) is 0.522. The van der Waals surface area contributed by atoms with E-state index in [1.54, 1.807) is 15.6 Å². The number of hydrogen-bond donors (Lipinski definition) is 2. The molecule has 176 valence electrons. The molecule has 0 radical (unpaired) electrons. The third kappa shape index (κ3) is 4.90. The lowest BCUT2D eigenvalue weighted by Crippen LogP contribution is -2.44. The maximum atomic E-state index is 13.0. The first kappa shape index (κ1) is 22.9. The molecule has 0 aliphatic carbocycles. The van der Waals surface area contributed by atoms with Gasteiger partial charge in [-0.1, -0.05) is 19.9 Å². The lowest BCUT2D eigenvalue weighted by atomic mass is 10.1. The number of fused-ring (bicyclic) bond motifs is 1. The first-order chi connectivity index (χ1) is 16.0. The molecule has 1 aliphatic rings. The molecule has 1 amide bonds. The Morgan fingerprint density at radius 3 is 2.55 bits per heavy atom. The van der Waals surface area contributed by atoms with Crippen molar-refractivity contribution in [1.29, 1.82) is 0 Å². The van der Waals surface area contributed by atoms with E-state index in [1.165, 1.54) is 0 Å². The highest BCUT2D eigenvalue weighted by Crippen LogP contribution is 2.21. The van der Waals surface area contributed by atoms with Crippen molar-refractivity contribution in [2.45, 2.75) is 40.0 Å². The van der Waals surface area contributed by atoms with Gasteiger partial charge in [0.05, 0.1) is 11.9 Å². The van der Waals surface area contributed by atoms with Crippen molar-refractivity contribution in [3.63, 3.8) is 0 Å². The van der Waals surface area contributed by atoms with E-state index in [2.05, 4.69) is 38.3 Å². The minimum atomic E-state index is -0.204. The average molecular weight is 452 g/mol. The molecule has 1 saturated heterocycles. The van der Waals surface area contributed by atoms with Gasteiger partial charge in [0.15, 0.2) is 11.5 Å². The number of rotatable bonds is 8. The largest absolute Gasteiger partial charge is 0.380 e. The lowest BCUT2D eigenvalue weighted by molar-refractivity contribution is 0.0741. The van der Waals surface area contributed by atoms with Crippen LogP contribution in [0.15, 0.2) is 18.5 Å². The summed E-state index contributed by atoms with van der Waals surface area (Å²) in [5.74, 6) is 1.13. The topological polar surface area (TPSA) is 118 Å². The Labute approximate surface area is 194 Å². The number of hydrogen-bond acceptors (Lipinski definition) is 8. The molecule has 0 spiro atoms. The summed E-state index contributed by atoms with van der Waals surface area (Å²) in [5, 5.41) is 7.90. The number of anilines is 2. The third-order valence-corrected chi connectivity index (χ3v) is 5.83. The molecule has 0 saturated carbocycles. The smallest absolute Gasteiger partial charge is 0.293 e. The second-order valence-corrected chi connectivity index (χ2v) is 8.50. The van der Waals surface area contributed by atoms with Crippen LogP contribution in [0.2, 0.25) is 0 Å². The number of imidazole rings is 1. The summed E-state index contributed by atoms with van der Waals surface area (Å²) in [6.07, 6.45) is 5.97. The number of aryl methyl sites for hydroxylation is 1. The van der Waals surface area contributed by atoms with E-state index in [1.807, 2.05) is 20.0 Å². The quantitative estimate of drug-likeness (QED) is 0.531. The highest BCUT2D eigenvalue weighted by Gasteiger charge is 2.21. The highest BCUT2D eigenvalue weighted by molar-refractivity contribution is 5.91. The molecule has 10 nitrogen and oxygen atoms in total. The van der Waals surface area contributed by atoms with Crippen molar-refractivity contribution in [3.05, 3.63) is 41.1 Å². The molecule has 1 fully saturated rings. The number of nitrogen functional groups attached to an aromatic ring is 1. The van der Waals surface area contributed by atoms with Gasteiger partial charge in [-0.3, -0.25) is 4.79 Å². The number of piperazine rings is 1. The Morgan fingerprint density at radius 1 is 1.15 bits per heavy atom. The number of nitrogens with one attached hydrogen (secondary N) is 1. The normalized spacial score (nSPS) is 14.1. The first-order valence-corrected chi connectivity index (χ1v) is 11.7. The molecule has 1 aliphatic heterocycles.